The van der Waals surface area contributed by atoms with Gasteiger partial charge in [-0.25, -0.2) is 0 Å². The lowest BCUT2D eigenvalue weighted by molar-refractivity contribution is 0.394. The third-order valence-corrected chi connectivity index (χ3v) is 2.09. The molecule has 1 nitrogen and oxygen atoms in total. The quantitative estimate of drug-likeness (QED) is 0.648. The molecular weight excluding hydrogens is 169 g/mol. The van der Waals surface area contributed by atoms with Gasteiger partial charge in [0.1, 0.15) is 0 Å². The van der Waals surface area contributed by atoms with E-state index in [-0.39, 0.29) is 12.4 Å². The maximum atomic E-state index is 5.59. The van der Waals surface area contributed by atoms with Gasteiger partial charge in [-0.2, -0.15) is 0 Å². The molecule has 0 aromatic heterocycles. The Hall–Kier alpha value is 0.540. The fraction of sp³-hybridized carbons (Fsp3) is 1.00. The van der Waals surface area contributed by atoms with E-state index in [0.717, 1.165) is 18.3 Å². The molecule has 1 aliphatic heterocycles. The largest absolute Gasteiger partial charge is 0.314 e. The standard InChI is InChI=1S/C7H14ClN.ClH/c8-5-4-7-3-1-2-6-9-7;/h7,9H,1-6H2;1H/t7-;/m1./s1. The fourth-order valence-corrected chi connectivity index (χ4v) is 1.57. The van der Waals surface area contributed by atoms with E-state index in [1.54, 1.807) is 0 Å². The Labute approximate surface area is 73.9 Å². The van der Waals surface area contributed by atoms with Crippen LogP contribution in [0, 0.1) is 0 Å². The van der Waals surface area contributed by atoms with Crippen molar-refractivity contribution in [1.82, 2.24) is 5.32 Å². The van der Waals surface area contributed by atoms with Gasteiger partial charge in [-0.15, -0.1) is 24.0 Å². The first-order chi connectivity index (χ1) is 4.43. The van der Waals surface area contributed by atoms with Crippen molar-refractivity contribution in [3.05, 3.63) is 0 Å². The third-order valence-electron chi connectivity index (χ3n) is 1.87. The molecule has 0 unspecified atom stereocenters. The highest BCUT2D eigenvalue weighted by atomic mass is 35.5. The Morgan fingerprint density at radius 3 is 2.70 bits per heavy atom. The molecule has 3 heteroatoms. The highest BCUT2D eigenvalue weighted by molar-refractivity contribution is 6.17. The lowest BCUT2D eigenvalue weighted by Crippen LogP contribution is -2.34. The first-order valence-corrected chi connectivity index (χ1v) is 4.26. The average Bonchev–Trinajstić information content (AvgIpc) is 1.91. The Kier molecular flexibility index (Phi) is 6.60. The topological polar surface area (TPSA) is 12.0 Å². The average molecular weight is 184 g/mol. The maximum Gasteiger partial charge on any atom is 0.0238 e. The van der Waals surface area contributed by atoms with E-state index in [9.17, 15) is 0 Å². The molecular formula is C7H15Cl2N. The second-order valence-corrected chi connectivity index (χ2v) is 3.00. The summed E-state index contributed by atoms with van der Waals surface area (Å²) in [6, 6.07) is 0.719. The van der Waals surface area contributed by atoms with E-state index < -0.39 is 0 Å². The van der Waals surface area contributed by atoms with Crippen molar-refractivity contribution in [2.24, 2.45) is 0 Å². The van der Waals surface area contributed by atoms with Gasteiger partial charge in [-0.1, -0.05) is 6.42 Å². The molecule has 0 spiro atoms. The second-order valence-electron chi connectivity index (χ2n) is 2.62. The Morgan fingerprint density at radius 2 is 2.20 bits per heavy atom. The zero-order valence-electron chi connectivity index (χ0n) is 6.11. The molecule has 1 atom stereocenters. The molecule has 0 aliphatic carbocycles. The maximum absolute atomic E-state index is 5.59. The van der Waals surface area contributed by atoms with Crippen LogP contribution in [0.1, 0.15) is 25.7 Å². The molecule has 1 rings (SSSR count). The molecule has 0 aromatic rings. The smallest absolute Gasteiger partial charge is 0.0238 e. The Balaban J connectivity index is 0.000000810. The molecule has 0 saturated carbocycles. The first-order valence-electron chi connectivity index (χ1n) is 3.73. The Bertz CT molecular complexity index is 69.3. The van der Waals surface area contributed by atoms with Gasteiger partial charge >= 0.3 is 0 Å². The van der Waals surface area contributed by atoms with Crippen LogP contribution in [-0.4, -0.2) is 18.5 Å². The lowest BCUT2D eigenvalue weighted by atomic mass is 10.0. The predicted molar refractivity (Wildman–Crippen MR) is 48.2 cm³/mol. The van der Waals surface area contributed by atoms with Crippen LogP contribution in [0.5, 0.6) is 0 Å². The van der Waals surface area contributed by atoms with E-state index >= 15 is 0 Å². The molecule has 0 radical (unpaired) electrons. The molecule has 0 bridgehead atoms. The van der Waals surface area contributed by atoms with Crippen molar-refractivity contribution >= 4 is 24.0 Å². The number of nitrogens with one attached hydrogen (secondary N) is 1. The number of rotatable bonds is 2. The number of alkyl halides is 1. The zero-order valence-corrected chi connectivity index (χ0v) is 7.68. The van der Waals surface area contributed by atoms with E-state index in [4.69, 9.17) is 11.6 Å². The van der Waals surface area contributed by atoms with Crippen LogP contribution in [0.2, 0.25) is 0 Å². The van der Waals surface area contributed by atoms with Gasteiger partial charge in [-0.3, -0.25) is 0 Å². The van der Waals surface area contributed by atoms with Crippen molar-refractivity contribution in [2.75, 3.05) is 12.4 Å². The highest BCUT2D eigenvalue weighted by Crippen LogP contribution is 2.09. The van der Waals surface area contributed by atoms with Gasteiger partial charge in [0.2, 0.25) is 0 Å². The van der Waals surface area contributed by atoms with Gasteiger partial charge in [-0.05, 0) is 25.8 Å². The monoisotopic (exact) mass is 183 g/mol. The van der Waals surface area contributed by atoms with Crippen LogP contribution in [0.15, 0.2) is 0 Å². The molecule has 62 valence electrons. The summed E-state index contributed by atoms with van der Waals surface area (Å²) in [4.78, 5) is 0. The summed E-state index contributed by atoms with van der Waals surface area (Å²) in [5, 5.41) is 3.44. The van der Waals surface area contributed by atoms with Gasteiger partial charge in [0, 0.05) is 11.9 Å². The van der Waals surface area contributed by atoms with Crippen LogP contribution in [-0.2, 0) is 0 Å². The molecule has 1 heterocycles. The van der Waals surface area contributed by atoms with E-state index in [1.807, 2.05) is 0 Å². The number of hydrogen-bond acceptors (Lipinski definition) is 1. The summed E-state index contributed by atoms with van der Waals surface area (Å²) < 4.78 is 0. The zero-order chi connectivity index (χ0) is 6.53. The van der Waals surface area contributed by atoms with Crippen LogP contribution in [0.3, 0.4) is 0 Å². The molecule has 1 saturated heterocycles. The summed E-state index contributed by atoms with van der Waals surface area (Å²) in [5.74, 6) is 0.803. The van der Waals surface area contributed by atoms with Gasteiger partial charge < -0.3 is 5.32 Å². The number of halogens is 2. The van der Waals surface area contributed by atoms with Crippen molar-refractivity contribution in [2.45, 2.75) is 31.7 Å². The fourth-order valence-electron chi connectivity index (χ4n) is 1.30. The van der Waals surface area contributed by atoms with Crippen LogP contribution in [0.4, 0.5) is 0 Å². The summed E-state index contributed by atoms with van der Waals surface area (Å²) >= 11 is 5.59. The highest BCUT2D eigenvalue weighted by Gasteiger charge is 2.10. The van der Waals surface area contributed by atoms with E-state index in [0.29, 0.717) is 0 Å². The second kappa shape index (κ2) is 6.26. The third kappa shape index (κ3) is 3.65. The molecule has 0 aromatic carbocycles. The first kappa shape index (κ1) is 10.5. The van der Waals surface area contributed by atoms with Crippen LogP contribution >= 0.6 is 24.0 Å². The molecule has 1 N–H and O–H groups in total. The normalized spacial score (nSPS) is 25.5. The molecule has 1 fully saturated rings. The summed E-state index contributed by atoms with van der Waals surface area (Å²) in [6.45, 7) is 1.20. The minimum absolute atomic E-state index is 0. The van der Waals surface area contributed by atoms with Gasteiger partial charge in [0.25, 0.3) is 0 Å². The van der Waals surface area contributed by atoms with Gasteiger partial charge in [0.15, 0.2) is 0 Å². The van der Waals surface area contributed by atoms with Crippen molar-refractivity contribution < 1.29 is 0 Å². The minimum atomic E-state index is 0. The number of hydrogen-bond donors (Lipinski definition) is 1. The van der Waals surface area contributed by atoms with Crippen LogP contribution in [0.25, 0.3) is 0 Å². The Morgan fingerprint density at radius 1 is 1.40 bits per heavy atom. The van der Waals surface area contributed by atoms with E-state index in [2.05, 4.69) is 5.32 Å². The SMILES string of the molecule is Cl.ClCC[C@H]1CCCCN1. The van der Waals surface area contributed by atoms with Crippen LogP contribution < -0.4 is 5.32 Å². The minimum Gasteiger partial charge on any atom is -0.314 e. The predicted octanol–water partition coefficient (Wildman–Crippen LogP) is 2.18. The summed E-state index contributed by atoms with van der Waals surface area (Å²) in [7, 11) is 0. The number of piperidine rings is 1. The van der Waals surface area contributed by atoms with Crippen molar-refractivity contribution in [3.63, 3.8) is 0 Å². The van der Waals surface area contributed by atoms with E-state index in [1.165, 1.54) is 25.8 Å². The molecule has 1 aliphatic rings. The van der Waals surface area contributed by atoms with Crippen molar-refractivity contribution in [3.8, 4) is 0 Å². The molecule has 10 heavy (non-hydrogen) atoms. The summed E-state index contributed by atoms with van der Waals surface area (Å²) in [6.07, 6.45) is 5.20. The molecule has 0 amide bonds. The lowest BCUT2D eigenvalue weighted by Gasteiger charge is -2.22. The van der Waals surface area contributed by atoms with Crippen molar-refractivity contribution in [1.29, 1.82) is 0 Å². The van der Waals surface area contributed by atoms with Gasteiger partial charge in [0.05, 0.1) is 0 Å². The summed E-state index contributed by atoms with van der Waals surface area (Å²) in [5.41, 5.74) is 0.